The first-order valence-corrected chi connectivity index (χ1v) is 12.5. The van der Waals surface area contributed by atoms with Gasteiger partial charge in [0.15, 0.2) is 0 Å². The molecule has 5 aromatic rings. The molecule has 0 heterocycles. The van der Waals surface area contributed by atoms with Crippen molar-refractivity contribution in [3.8, 4) is 0 Å². The van der Waals surface area contributed by atoms with Crippen molar-refractivity contribution in [3.63, 3.8) is 0 Å². The number of hydrogen-bond acceptors (Lipinski definition) is 2. The zero-order valence-electron chi connectivity index (χ0n) is 21.2. The molecule has 5 rings (SSSR count). The summed E-state index contributed by atoms with van der Waals surface area (Å²) in [7, 11) is 0. The minimum absolute atomic E-state index is 0. The SMILES string of the molecule is C.CC(C)(C)c1ccc(N(c2ccccc2)c2ccc(N(c3ccccc3)c3ccccc3)cc2)cc1. The van der Waals surface area contributed by atoms with Crippen LogP contribution in [0.1, 0.15) is 33.8 Å². The molecular formula is C35H36N2. The van der Waals surface area contributed by atoms with Gasteiger partial charge in [-0.1, -0.05) is 94.9 Å². The molecule has 0 aliphatic rings. The smallest absolute Gasteiger partial charge is 0.0463 e. The van der Waals surface area contributed by atoms with E-state index in [0.717, 1.165) is 34.1 Å². The van der Waals surface area contributed by atoms with Crippen LogP contribution in [0.3, 0.4) is 0 Å². The van der Waals surface area contributed by atoms with Crippen molar-refractivity contribution in [3.05, 3.63) is 145 Å². The summed E-state index contributed by atoms with van der Waals surface area (Å²) >= 11 is 0. The van der Waals surface area contributed by atoms with Crippen molar-refractivity contribution in [1.82, 2.24) is 0 Å². The molecule has 0 aliphatic carbocycles. The van der Waals surface area contributed by atoms with Crippen LogP contribution in [-0.2, 0) is 5.41 Å². The predicted molar refractivity (Wildman–Crippen MR) is 161 cm³/mol. The second kappa shape index (κ2) is 11.2. The molecule has 2 heteroatoms. The molecule has 0 bridgehead atoms. The van der Waals surface area contributed by atoms with Gasteiger partial charge in [0.1, 0.15) is 0 Å². The van der Waals surface area contributed by atoms with Gasteiger partial charge < -0.3 is 9.80 Å². The average molecular weight is 485 g/mol. The Balaban J connectivity index is 0.00000320. The van der Waals surface area contributed by atoms with Gasteiger partial charge in [0.05, 0.1) is 0 Å². The summed E-state index contributed by atoms with van der Waals surface area (Å²) in [5, 5.41) is 0. The minimum atomic E-state index is 0. The molecule has 0 saturated carbocycles. The summed E-state index contributed by atoms with van der Waals surface area (Å²) in [4.78, 5) is 4.60. The minimum Gasteiger partial charge on any atom is -0.311 e. The first kappa shape index (κ1) is 25.8. The monoisotopic (exact) mass is 484 g/mol. The third-order valence-corrected chi connectivity index (χ3v) is 6.40. The first-order valence-electron chi connectivity index (χ1n) is 12.5. The highest BCUT2D eigenvalue weighted by Gasteiger charge is 2.17. The summed E-state index contributed by atoms with van der Waals surface area (Å²) in [6.45, 7) is 6.75. The van der Waals surface area contributed by atoms with E-state index >= 15 is 0 Å². The molecule has 0 spiro atoms. The van der Waals surface area contributed by atoms with Gasteiger partial charge in [-0.2, -0.15) is 0 Å². The summed E-state index contributed by atoms with van der Waals surface area (Å²) in [6, 6.07) is 49.3. The van der Waals surface area contributed by atoms with Gasteiger partial charge in [0, 0.05) is 34.1 Å². The molecule has 0 N–H and O–H groups in total. The van der Waals surface area contributed by atoms with Gasteiger partial charge in [0.2, 0.25) is 0 Å². The lowest BCUT2D eigenvalue weighted by molar-refractivity contribution is 0.590. The lowest BCUT2D eigenvalue weighted by Gasteiger charge is -2.29. The van der Waals surface area contributed by atoms with E-state index in [2.05, 4.69) is 170 Å². The quantitative estimate of drug-likeness (QED) is 0.236. The predicted octanol–water partition coefficient (Wildman–Crippen LogP) is 10.6. The van der Waals surface area contributed by atoms with Crippen LogP contribution in [-0.4, -0.2) is 0 Å². The van der Waals surface area contributed by atoms with E-state index in [4.69, 9.17) is 0 Å². The van der Waals surface area contributed by atoms with Gasteiger partial charge in [-0.15, -0.1) is 0 Å². The Morgan fingerprint density at radius 1 is 0.351 bits per heavy atom. The molecule has 0 aliphatic heterocycles. The Morgan fingerprint density at radius 2 is 0.595 bits per heavy atom. The molecular weight excluding hydrogens is 448 g/mol. The van der Waals surface area contributed by atoms with Crippen LogP contribution in [0.15, 0.2) is 140 Å². The van der Waals surface area contributed by atoms with Gasteiger partial charge in [-0.3, -0.25) is 0 Å². The number of para-hydroxylation sites is 3. The molecule has 2 nitrogen and oxygen atoms in total. The molecule has 0 unspecified atom stereocenters. The third kappa shape index (κ3) is 5.76. The maximum Gasteiger partial charge on any atom is 0.0463 e. The zero-order chi connectivity index (χ0) is 25.0. The van der Waals surface area contributed by atoms with E-state index < -0.39 is 0 Å². The highest BCUT2D eigenvalue weighted by atomic mass is 15.2. The molecule has 0 amide bonds. The molecule has 0 saturated heterocycles. The van der Waals surface area contributed by atoms with Crippen LogP contribution in [0, 0.1) is 0 Å². The van der Waals surface area contributed by atoms with Gasteiger partial charge >= 0.3 is 0 Å². The standard InChI is InChI=1S/C34H32N2.CH4/c1-34(2,3)27-19-21-31(22-20-27)36(30-17-11-6-12-18-30)33-25-23-32(24-26-33)35(28-13-7-4-8-14-28)29-15-9-5-10-16-29;/h4-26H,1-3H3;1H4. The van der Waals surface area contributed by atoms with Crippen LogP contribution in [0.4, 0.5) is 34.1 Å². The van der Waals surface area contributed by atoms with Crippen molar-refractivity contribution in [2.75, 3.05) is 9.80 Å². The van der Waals surface area contributed by atoms with Crippen molar-refractivity contribution >= 4 is 34.1 Å². The number of nitrogens with zero attached hydrogens (tertiary/aromatic N) is 2. The largest absolute Gasteiger partial charge is 0.311 e. The van der Waals surface area contributed by atoms with Crippen molar-refractivity contribution < 1.29 is 0 Å². The number of rotatable bonds is 6. The lowest BCUT2D eigenvalue weighted by Crippen LogP contribution is -2.13. The van der Waals surface area contributed by atoms with Crippen LogP contribution in [0.2, 0.25) is 0 Å². The Labute approximate surface area is 222 Å². The van der Waals surface area contributed by atoms with Crippen molar-refractivity contribution in [1.29, 1.82) is 0 Å². The Bertz CT molecular complexity index is 1330. The molecule has 5 aromatic carbocycles. The normalized spacial score (nSPS) is 10.9. The molecule has 0 fully saturated rings. The van der Waals surface area contributed by atoms with Crippen molar-refractivity contribution in [2.24, 2.45) is 0 Å². The fourth-order valence-electron chi connectivity index (χ4n) is 4.49. The Hall–Kier alpha value is -4.30. The molecule has 0 radical (unpaired) electrons. The van der Waals surface area contributed by atoms with E-state index in [1.54, 1.807) is 0 Å². The van der Waals surface area contributed by atoms with Crippen molar-refractivity contribution in [2.45, 2.75) is 33.6 Å². The maximum atomic E-state index is 2.31. The van der Waals surface area contributed by atoms with Gasteiger partial charge in [-0.05, 0) is 83.8 Å². The van der Waals surface area contributed by atoms with E-state index in [1.807, 2.05) is 0 Å². The topological polar surface area (TPSA) is 6.48 Å². The van der Waals surface area contributed by atoms with Crippen LogP contribution in [0.25, 0.3) is 0 Å². The molecule has 0 atom stereocenters. The maximum absolute atomic E-state index is 2.31. The third-order valence-electron chi connectivity index (χ3n) is 6.40. The van der Waals surface area contributed by atoms with E-state index in [1.165, 1.54) is 5.56 Å². The second-order valence-electron chi connectivity index (χ2n) is 9.99. The summed E-state index contributed by atoms with van der Waals surface area (Å²) in [5.74, 6) is 0. The first-order chi connectivity index (χ1) is 17.5. The molecule has 186 valence electrons. The average Bonchev–Trinajstić information content (AvgIpc) is 2.92. The van der Waals surface area contributed by atoms with E-state index in [0.29, 0.717) is 0 Å². The summed E-state index contributed by atoms with van der Waals surface area (Å²) < 4.78 is 0. The number of hydrogen-bond donors (Lipinski definition) is 0. The molecule has 37 heavy (non-hydrogen) atoms. The van der Waals surface area contributed by atoms with E-state index in [-0.39, 0.29) is 12.8 Å². The summed E-state index contributed by atoms with van der Waals surface area (Å²) in [6.07, 6.45) is 0. The highest BCUT2D eigenvalue weighted by molar-refractivity contribution is 5.81. The van der Waals surface area contributed by atoms with Gasteiger partial charge in [0.25, 0.3) is 0 Å². The highest BCUT2D eigenvalue weighted by Crippen LogP contribution is 2.39. The van der Waals surface area contributed by atoms with Crippen LogP contribution < -0.4 is 9.80 Å². The van der Waals surface area contributed by atoms with Crippen LogP contribution in [0.5, 0.6) is 0 Å². The number of benzene rings is 5. The summed E-state index contributed by atoms with van der Waals surface area (Å²) in [5.41, 5.74) is 8.23. The fourth-order valence-corrected chi connectivity index (χ4v) is 4.49. The lowest BCUT2D eigenvalue weighted by atomic mass is 9.87. The Morgan fingerprint density at radius 3 is 0.865 bits per heavy atom. The van der Waals surface area contributed by atoms with E-state index in [9.17, 15) is 0 Å². The van der Waals surface area contributed by atoms with Gasteiger partial charge in [-0.25, -0.2) is 0 Å². The zero-order valence-corrected chi connectivity index (χ0v) is 21.2. The fraction of sp³-hybridized carbons (Fsp3) is 0.143. The Kier molecular flexibility index (Phi) is 7.79. The van der Waals surface area contributed by atoms with Crippen LogP contribution >= 0.6 is 0 Å². The molecule has 0 aromatic heterocycles. The number of anilines is 6. The second-order valence-corrected chi connectivity index (χ2v) is 9.99.